The number of primary amides is 1. The second-order valence-electron chi connectivity index (χ2n) is 17.3. The second-order valence-corrected chi connectivity index (χ2v) is 17.3. The first-order valence-electron chi connectivity index (χ1n) is 21.6. The molecular weight excluding hydrogens is 1130 g/mol. The minimum Gasteiger partial charge on any atom is -0.366 e. The van der Waals surface area contributed by atoms with Crippen molar-refractivity contribution in [2.24, 2.45) is 5.73 Å². The van der Waals surface area contributed by atoms with Crippen molar-refractivity contribution in [1.82, 2.24) is 0 Å². The summed E-state index contributed by atoms with van der Waals surface area (Å²) >= 11 is 0. The van der Waals surface area contributed by atoms with Crippen LogP contribution in [0, 0.1) is 0 Å². The molecule has 0 spiro atoms. The third-order valence-electron chi connectivity index (χ3n) is 12.0. The second kappa shape index (κ2) is 20.8. The number of benzene rings is 6. The summed E-state index contributed by atoms with van der Waals surface area (Å²) in [6.07, 6.45) is -53.0. The summed E-state index contributed by atoms with van der Waals surface area (Å²) in [6, 6.07) is 9.35. The fourth-order valence-electron chi connectivity index (χ4n) is 8.51. The standard InChI is InChI=1S/C32H12BF24.C18H14N2O2/c34-25(35,36)13-1-14(26(37,38)39)6-21(5-13)33(22-7-15(27(40,41)42)2-16(8-22)28(43,44)45,23-9-17(29(46,47)48)3-18(10-23)30(49,50)51)24-11-19(31(52,53)54)4-20(12-24)32(55,56)57;19-18(22)15-8-9-16-14(11-15)7-4-10-20(16)12-17(21)13-5-2-1-3-6-13/h1-12H;1-11H,12H2,(H-,19,22)/q-1;/p+1. The van der Waals surface area contributed by atoms with Crippen molar-refractivity contribution in [3.63, 3.8) is 0 Å². The average Bonchev–Trinajstić information content (AvgIpc) is 3.34. The average molecular weight is 1150 g/mol. The molecule has 2 N–H and O–H groups in total. The van der Waals surface area contributed by atoms with E-state index in [4.69, 9.17) is 5.73 Å². The molecule has 1 aromatic heterocycles. The maximum atomic E-state index is 14.2. The summed E-state index contributed by atoms with van der Waals surface area (Å²) in [7, 11) is 0. The lowest BCUT2D eigenvalue weighted by atomic mass is 9.12. The van der Waals surface area contributed by atoms with E-state index in [9.17, 15) is 115 Å². The zero-order valence-corrected chi connectivity index (χ0v) is 38.5. The van der Waals surface area contributed by atoms with Gasteiger partial charge in [-0.05, 0) is 42.5 Å². The molecule has 6 aromatic carbocycles. The van der Waals surface area contributed by atoms with Crippen LogP contribution >= 0.6 is 0 Å². The van der Waals surface area contributed by atoms with Crippen molar-refractivity contribution in [2.45, 2.75) is 56.0 Å². The number of nitrogens with zero attached hydrogens (tertiary/aromatic N) is 1. The molecule has 1 heterocycles. The molecular formula is C50H27BF24N2O2. The van der Waals surface area contributed by atoms with E-state index in [1.165, 1.54) is 0 Å². The maximum absolute atomic E-state index is 14.2. The SMILES string of the molecule is FC(F)(F)c1cc([B-](c2cc(C(F)(F)F)cc(C(F)(F)F)c2)(c2cc(C(F)(F)F)cc(C(F)(F)F)c2)c2cc(C(F)(F)F)cc(C(F)(F)F)c2)cc(C(F)(F)F)c1.NC(=O)c1ccc2c(ccc[n+]2CC(=O)c2ccccc2)c1. The van der Waals surface area contributed by atoms with Crippen molar-refractivity contribution >= 4 is 50.6 Å². The molecule has 0 radical (unpaired) electrons. The zero-order valence-electron chi connectivity index (χ0n) is 38.5. The van der Waals surface area contributed by atoms with E-state index in [2.05, 4.69) is 0 Å². The van der Waals surface area contributed by atoms with E-state index >= 15 is 0 Å². The summed E-state index contributed by atoms with van der Waals surface area (Å²) < 4.78 is 343. The Morgan fingerprint density at radius 3 is 0.911 bits per heavy atom. The molecule has 4 nitrogen and oxygen atoms in total. The number of Topliss-reactive ketones (excluding diaryl/α,β-unsaturated/α-hetero) is 1. The van der Waals surface area contributed by atoms with E-state index in [1.54, 1.807) is 24.3 Å². The molecule has 0 bridgehead atoms. The molecule has 79 heavy (non-hydrogen) atoms. The molecule has 0 fully saturated rings. The number of nitrogens with two attached hydrogens (primary N) is 1. The number of aromatic nitrogens is 1. The number of fused-ring (bicyclic) bond motifs is 1. The largest absolute Gasteiger partial charge is 0.416 e. The summed E-state index contributed by atoms with van der Waals surface area (Å²) in [4.78, 5) is 23.6. The Hall–Kier alpha value is -7.75. The quantitative estimate of drug-likeness (QED) is 0.0713. The van der Waals surface area contributed by atoms with Crippen LogP contribution < -0.4 is 32.2 Å². The number of amides is 1. The first kappa shape index (κ1) is 60.5. The molecule has 7 aromatic rings. The van der Waals surface area contributed by atoms with E-state index in [0.29, 0.717) is 11.1 Å². The number of carbonyl (C=O) groups excluding carboxylic acids is 2. The van der Waals surface area contributed by atoms with E-state index in [0.717, 1.165) is 10.9 Å². The Kier molecular flexibility index (Phi) is 15.9. The van der Waals surface area contributed by atoms with Gasteiger partial charge in [0, 0.05) is 28.6 Å². The molecule has 0 aliphatic heterocycles. The lowest BCUT2D eigenvalue weighted by Crippen LogP contribution is -2.75. The maximum Gasteiger partial charge on any atom is 0.416 e. The van der Waals surface area contributed by atoms with E-state index in [-0.39, 0.29) is 12.3 Å². The first-order chi connectivity index (χ1) is 35.9. The smallest absolute Gasteiger partial charge is 0.366 e. The molecule has 1 amide bonds. The Bertz CT molecular complexity index is 2990. The van der Waals surface area contributed by atoms with Gasteiger partial charge in [-0.2, -0.15) is 132 Å². The Morgan fingerprint density at radius 2 is 0.646 bits per heavy atom. The molecule has 0 aliphatic rings. The predicted octanol–water partition coefficient (Wildman–Crippen LogP) is 13.3. The van der Waals surface area contributed by atoms with Crippen LogP contribution in [0.15, 0.2) is 140 Å². The number of hydrogen-bond donors (Lipinski definition) is 1. The molecule has 0 unspecified atom stereocenters. The van der Waals surface area contributed by atoms with Crippen LogP contribution in [0.2, 0.25) is 0 Å². The molecule has 0 aliphatic carbocycles. The highest BCUT2D eigenvalue weighted by Gasteiger charge is 2.47. The monoisotopic (exact) mass is 1150 g/mol. The van der Waals surface area contributed by atoms with Gasteiger partial charge in [-0.3, -0.25) is 9.59 Å². The molecule has 7 rings (SSSR count). The predicted molar refractivity (Wildman–Crippen MR) is 234 cm³/mol. The number of alkyl halides is 24. The summed E-state index contributed by atoms with van der Waals surface area (Å²) in [5.74, 6) is -0.422. The van der Waals surface area contributed by atoms with Crippen molar-refractivity contribution in [2.75, 3.05) is 0 Å². The fraction of sp³-hybridized carbons (Fsp3) is 0.180. The molecule has 29 heteroatoms. The van der Waals surface area contributed by atoms with Crippen LogP contribution in [0.25, 0.3) is 10.9 Å². The molecule has 0 saturated heterocycles. The van der Waals surface area contributed by atoms with Gasteiger partial charge in [0.25, 0.3) is 0 Å². The molecule has 0 atom stereocenters. The highest BCUT2D eigenvalue weighted by atomic mass is 19.4. The normalized spacial score (nSPS) is 13.3. The van der Waals surface area contributed by atoms with E-state index < -0.39 is 201 Å². The van der Waals surface area contributed by atoms with Gasteiger partial charge in [-0.15, -0.1) is 0 Å². The lowest BCUT2D eigenvalue weighted by Gasteiger charge is -2.46. The van der Waals surface area contributed by atoms with Crippen LogP contribution in [0.5, 0.6) is 0 Å². The highest BCUT2D eigenvalue weighted by Crippen LogP contribution is 2.41. The van der Waals surface area contributed by atoms with Gasteiger partial charge in [0.15, 0.2) is 6.20 Å². The Balaban J connectivity index is 0.000000378. The van der Waals surface area contributed by atoms with Crippen LogP contribution in [-0.2, 0) is 56.0 Å². The van der Waals surface area contributed by atoms with Gasteiger partial charge >= 0.3 is 49.4 Å². The van der Waals surface area contributed by atoms with Crippen molar-refractivity contribution < 1.29 is 120 Å². The Morgan fingerprint density at radius 1 is 0.354 bits per heavy atom. The van der Waals surface area contributed by atoms with Crippen LogP contribution in [-0.4, -0.2) is 17.8 Å². The number of pyridine rings is 1. The van der Waals surface area contributed by atoms with Crippen LogP contribution in [0.4, 0.5) is 105 Å². The van der Waals surface area contributed by atoms with Gasteiger partial charge in [-0.1, -0.05) is 78.9 Å². The number of rotatable bonds is 8. The zero-order chi connectivity index (χ0) is 59.4. The number of halogens is 24. The van der Waals surface area contributed by atoms with E-state index in [1.807, 2.05) is 47.2 Å². The fourth-order valence-corrected chi connectivity index (χ4v) is 8.51. The highest BCUT2D eigenvalue weighted by molar-refractivity contribution is 7.20. The van der Waals surface area contributed by atoms with Crippen LogP contribution in [0.3, 0.4) is 0 Å². The van der Waals surface area contributed by atoms with Crippen molar-refractivity contribution in [3.8, 4) is 0 Å². The van der Waals surface area contributed by atoms with Gasteiger partial charge in [-0.25, -0.2) is 0 Å². The summed E-state index contributed by atoms with van der Waals surface area (Å²) in [5.41, 5.74) is -22.9. The Labute approximate surface area is 426 Å². The van der Waals surface area contributed by atoms with Gasteiger partial charge in [0.2, 0.25) is 23.8 Å². The van der Waals surface area contributed by atoms with Crippen LogP contribution in [0.1, 0.15) is 65.2 Å². The first-order valence-corrected chi connectivity index (χ1v) is 21.6. The van der Waals surface area contributed by atoms with Gasteiger partial charge < -0.3 is 5.73 Å². The number of ketones is 1. The number of hydrogen-bond acceptors (Lipinski definition) is 2. The van der Waals surface area contributed by atoms with Gasteiger partial charge in [0.05, 0.1) is 44.5 Å². The summed E-state index contributed by atoms with van der Waals surface area (Å²) in [5, 5.41) is 0.875. The van der Waals surface area contributed by atoms with Crippen molar-refractivity contribution in [3.05, 3.63) is 195 Å². The third-order valence-corrected chi connectivity index (χ3v) is 12.0. The lowest BCUT2D eigenvalue weighted by molar-refractivity contribution is -0.657. The minimum absolute atomic E-state index is 0.0390. The topological polar surface area (TPSA) is 64.0 Å². The number of carbonyl (C=O) groups is 2. The third kappa shape index (κ3) is 13.6. The minimum atomic E-state index is -6.13. The van der Waals surface area contributed by atoms with Gasteiger partial charge in [0.1, 0.15) is 6.15 Å². The molecule has 420 valence electrons. The molecule has 0 saturated carbocycles. The van der Waals surface area contributed by atoms with Crippen molar-refractivity contribution in [1.29, 1.82) is 0 Å². The summed E-state index contributed by atoms with van der Waals surface area (Å²) in [6.45, 7) is 0.247.